The van der Waals surface area contributed by atoms with Gasteiger partial charge in [0.1, 0.15) is 0 Å². The van der Waals surface area contributed by atoms with E-state index < -0.39 is 15.9 Å². The summed E-state index contributed by atoms with van der Waals surface area (Å²) in [7, 11) is 1.30. The second-order valence-electron chi connectivity index (χ2n) is 3.12. The maximum absolute atomic E-state index is 5.62. The van der Waals surface area contributed by atoms with Crippen molar-refractivity contribution < 1.29 is 26.6 Å². The summed E-state index contributed by atoms with van der Waals surface area (Å²) in [5.74, 6) is 0. The Labute approximate surface area is 120 Å². The first kappa shape index (κ1) is 19.0. The lowest BCUT2D eigenvalue weighted by Gasteiger charge is -2.32. The Hall–Kier alpha value is 0.0238. The monoisotopic (exact) mass is 326 g/mol. The fraction of sp³-hybridized carbons (Fsp3) is 0.600. The minimum absolute atomic E-state index is 0.306. The van der Waals surface area contributed by atoms with Crippen molar-refractivity contribution in [2.24, 2.45) is 0 Å². The lowest BCUT2D eigenvalue weighted by atomic mass is 10.7. The smallest absolute Gasteiger partial charge is 0.369 e. The van der Waals surface area contributed by atoms with Gasteiger partial charge >= 0.3 is 15.9 Å². The van der Waals surface area contributed by atoms with Crippen LogP contribution in [0.3, 0.4) is 0 Å². The van der Waals surface area contributed by atoms with E-state index in [1.165, 1.54) is 39.1 Å². The van der Waals surface area contributed by atoms with Gasteiger partial charge in [-0.05, 0) is 10.7 Å². The van der Waals surface area contributed by atoms with Crippen molar-refractivity contribution in [1.82, 2.24) is 0 Å². The molecule has 0 aliphatic carbocycles. The van der Waals surface area contributed by atoms with E-state index in [2.05, 4.69) is 13.2 Å². The van der Waals surface area contributed by atoms with Crippen molar-refractivity contribution in [2.45, 2.75) is 0 Å². The van der Waals surface area contributed by atoms with Gasteiger partial charge in [0.2, 0.25) is 0 Å². The third-order valence-electron chi connectivity index (χ3n) is 2.01. The largest absolute Gasteiger partial charge is 0.573 e. The van der Waals surface area contributed by atoms with Crippen LogP contribution in [0.4, 0.5) is 0 Å². The summed E-state index contributed by atoms with van der Waals surface area (Å²) >= 11 is 0. The van der Waals surface area contributed by atoms with Crippen LogP contribution >= 0.6 is 10.7 Å². The van der Waals surface area contributed by atoms with E-state index in [0.29, 0.717) is 13.2 Å². The van der Waals surface area contributed by atoms with Crippen LogP contribution < -0.4 is 0 Å². The first-order valence-corrected chi connectivity index (χ1v) is 11.2. The number of hydrogen-bond acceptors (Lipinski definition) is 7. The molecule has 0 saturated carbocycles. The Bertz CT molecular complexity index is 245. The molecule has 0 aromatic heterocycles. The average Bonchev–Trinajstić information content (AvgIpc) is 2.48. The van der Waals surface area contributed by atoms with E-state index in [1.54, 1.807) is 12.2 Å². The maximum Gasteiger partial charge on any atom is 0.573 e. The normalized spacial score (nSPS) is 12.4. The van der Waals surface area contributed by atoms with Crippen molar-refractivity contribution in [3.8, 4) is 0 Å². The highest BCUT2D eigenvalue weighted by molar-refractivity contribution is 8.46. The van der Waals surface area contributed by atoms with Gasteiger partial charge in [0, 0.05) is 28.4 Å². The van der Waals surface area contributed by atoms with Crippen LogP contribution in [-0.2, 0) is 26.6 Å². The van der Waals surface area contributed by atoms with Gasteiger partial charge in [0.05, 0.1) is 13.2 Å². The van der Waals surface area contributed by atoms with Crippen LogP contribution in [0, 0.1) is 0 Å². The Kier molecular flexibility index (Phi) is 9.87. The molecule has 0 atom stereocenters. The molecule has 0 aromatic carbocycles. The van der Waals surface area contributed by atoms with Crippen molar-refractivity contribution in [1.29, 1.82) is 0 Å². The van der Waals surface area contributed by atoms with E-state index in [0.717, 1.165) is 0 Å². The van der Waals surface area contributed by atoms with Crippen LogP contribution in [0.5, 0.6) is 0 Å². The van der Waals surface area contributed by atoms with Gasteiger partial charge in [0.25, 0.3) is 0 Å². The molecule has 0 aliphatic rings. The zero-order valence-corrected chi connectivity index (χ0v) is 14.7. The highest BCUT2D eigenvalue weighted by Gasteiger charge is 2.56. The first-order valence-electron chi connectivity index (χ1n) is 5.48. The van der Waals surface area contributed by atoms with Crippen molar-refractivity contribution >= 4 is 26.6 Å². The fourth-order valence-corrected chi connectivity index (χ4v) is 12.8. The highest BCUT2D eigenvalue weighted by Crippen LogP contribution is 2.34. The molecule has 6 nitrogen and oxygen atoms in total. The quantitative estimate of drug-likeness (QED) is 0.399. The summed E-state index contributed by atoms with van der Waals surface area (Å²) in [6.45, 7) is 7.81. The zero-order valence-electron chi connectivity index (χ0n) is 11.8. The Morgan fingerprint density at radius 3 is 1.32 bits per heavy atom. The van der Waals surface area contributed by atoms with Crippen molar-refractivity contribution in [2.75, 3.05) is 41.7 Å². The molecule has 0 fully saturated rings. The summed E-state index contributed by atoms with van der Waals surface area (Å²) < 4.78 is 32.9. The predicted molar refractivity (Wildman–Crippen MR) is 79.4 cm³/mol. The molecule has 0 N–H and O–H groups in total. The summed E-state index contributed by atoms with van der Waals surface area (Å²) in [5, 5.41) is 0. The van der Waals surface area contributed by atoms with E-state index in [-0.39, 0.29) is 0 Å². The van der Waals surface area contributed by atoms with Crippen LogP contribution in [0.1, 0.15) is 0 Å². The third-order valence-corrected chi connectivity index (χ3v) is 14.3. The van der Waals surface area contributed by atoms with Gasteiger partial charge in [-0.2, -0.15) is 0 Å². The standard InChI is InChI=1S/C10H22O6SSi2/c1-7-9-15-18(11-3,12-4)17-19(13-5,14-6)16-10-8-2/h7-8H,1-2,9-10H2,3-6H3. The van der Waals surface area contributed by atoms with Gasteiger partial charge < -0.3 is 26.6 Å². The van der Waals surface area contributed by atoms with Gasteiger partial charge in [-0.3, -0.25) is 0 Å². The van der Waals surface area contributed by atoms with E-state index in [1.807, 2.05) is 0 Å². The maximum atomic E-state index is 5.62. The van der Waals surface area contributed by atoms with Gasteiger partial charge in [-0.1, -0.05) is 12.2 Å². The van der Waals surface area contributed by atoms with E-state index in [4.69, 9.17) is 26.6 Å². The van der Waals surface area contributed by atoms with Crippen molar-refractivity contribution in [3.05, 3.63) is 25.3 Å². The molecule has 0 saturated heterocycles. The number of rotatable bonds is 12. The topological polar surface area (TPSA) is 55.4 Å². The second kappa shape index (κ2) is 9.85. The molecule has 0 spiro atoms. The van der Waals surface area contributed by atoms with Gasteiger partial charge in [-0.25, -0.2) is 0 Å². The lowest BCUT2D eigenvalue weighted by molar-refractivity contribution is 0.128. The fourth-order valence-electron chi connectivity index (χ4n) is 1.10. The molecule has 0 rings (SSSR count). The molecule has 9 heteroatoms. The summed E-state index contributed by atoms with van der Waals surface area (Å²) in [6.07, 6.45) is 3.24. The SMILES string of the molecule is C=CCO[Si](OC)(OC)S[Si](OC)(OC)OCC=C. The molecule has 19 heavy (non-hydrogen) atoms. The molecule has 0 aliphatic heterocycles. The van der Waals surface area contributed by atoms with E-state index >= 15 is 0 Å². The molecule has 0 amide bonds. The summed E-state index contributed by atoms with van der Waals surface area (Å²) in [6, 6.07) is 0. The third kappa shape index (κ3) is 5.89. The van der Waals surface area contributed by atoms with Crippen LogP contribution in [0.2, 0.25) is 0 Å². The molecule has 0 unspecified atom stereocenters. The summed E-state index contributed by atoms with van der Waals surface area (Å²) in [5.41, 5.74) is 0. The van der Waals surface area contributed by atoms with E-state index in [9.17, 15) is 0 Å². The van der Waals surface area contributed by atoms with Crippen LogP contribution in [0.15, 0.2) is 25.3 Å². The van der Waals surface area contributed by atoms with Crippen LogP contribution in [0.25, 0.3) is 0 Å². The predicted octanol–water partition coefficient (Wildman–Crippen LogP) is 1.58. The lowest BCUT2D eigenvalue weighted by Crippen LogP contribution is -2.52. The van der Waals surface area contributed by atoms with Gasteiger partial charge in [0.15, 0.2) is 0 Å². The molecule has 112 valence electrons. The average molecular weight is 327 g/mol. The van der Waals surface area contributed by atoms with Crippen molar-refractivity contribution in [3.63, 3.8) is 0 Å². The zero-order chi connectivity index (χ0) is 14.8. The second-order valence-corrected chi connectivity index (χ2v) is 13.0. The Morgan fingerprint density at radius 1 is 0.789 bits per heavy atom. The molecule has 0 heterocycles. The Morgan fingerprint density at radius 2 is 1.11 bits per heavy atom. The minimum Gasteiger partial charge on any atom is -0.369 e. The molecular formula is C10H22O6SSi2. The minimum atomic E-state index is -2.99. The molecule has 0 aromatic rings. The molecule has 0 bridgehead atoms. The first-order chi connectivity index (χ1) is 9.07. The number of hydrogen-bond donors (Lipinski definition) is 0. The summed E-state index contributed by atoms with van der Waals surface area (Å²) in [4.78, 5) is 0. The molecular weight excluding hydrogens is 304 g/mol. The highest BCUT2D eigenvalue weighted by atomic mass is 32.5. The van der Waals surface area contributed by atoms with Gasteiger partial charge in [-0.15, -0.1) is 13.2 Å². The Balaban J connectivity index is 4.99. The van der Waals surface area contributed by atoms with Crippen LogP contribution in [-0.4, -0.2) is 57.6 Å². The molecule has 0 radical (unpaired) electrons.